The fraction of sp³-hybridized carbons (Fsp3) is 0.750. The van der Waals surface area contributed by atoms with E-state index in [4.69, 9.17) is 15.0 Å². The quantitative estimate of drug-likeness (QED) is 0.408. The van der Waals surface area contributed by atoms with Crippen molar-refractivity contribution in [1.29, 1.82) is 0 Å². The average molecular weight is 108 g/mol. The lowest BCUT2D eigenvalue weighted by molar-refractivity contribution is -0.106. The number of carbonyl (C=O) groups is 1. The number of rotatable bonds is 0. The molecule has 0 radical (unpaired) electrons. The van der Waals surface area contributed by atoms with Crippen molar-refractivity contribution in [2.75, 3.05) is 14.2 Å². The molecule has 0 saturated heterocycles. The Bertz CT molecular complexity index is 14.4. The van der Waals surface area contributed by atoms with Crippen molar-refractivity contribution in [2.24, 2.45) is 0 Å². The van der Waals surface area contributed by atoms with Crippen LogP contribution in [-0.2, 0) is 4.79 Å². The molecule has 0 aromatic rings. The molecule has 0 unspecified atom stereocenters. The van der Waals surface area contributed by atoms with Crippen LogP contribution in [0.4, 0.5) is 0 Å². The van der Waals surface area contributed by atoms with Gasteiger partial charge in [-0.3, -0.25) is 0 Å². The van der Waals surface area contributed by atoms with Gasteiger partial charge in [0.15, 0.2) is 0 Å². The minimum Gasteiger partial charge on any atom is -0.400 e. The van der Waals surface area contributed by atoms with Gasteiger partial charge in [-0.05, 0) is 6.92 Å². The Morgan fingerprint density at radius 2 is 1.14 bits per heavy atom. The zero-order valence-electron chi connectivity index (χ0n) is 4.88. The highest BCUT2D eigenvalue weighted by Gasteiger charge is 1.24. The molecule has 0 heterocycles. The van der Waals surface area contributed by atoms with Crippen LogP contribution < -0.4 is 0 Å². The van der Waals surface area contributed by atoms with Crippen molar-refractivity contribution in [2.45, 2.75) is 6.92 Å². The second-order valence-electron chi connectivity index (χ2n) is 0.236. The van der Waals surface area contributed by atoms with Crippen LogP contribution >= 0.6 is 0 Å². The summed E-state index contributed by atoms with van der Waals surface area (Å²) in [5.41, 5.74) is 0. The molecule has 0 atom stereocenters. The third-order valence-corrected chi connectivity index (χ3v) is 0. The smallest absolute Gasteiger partial charge is 0.116 e. The fourth-order valence-corrected chi connectivity index (χ4v) is 0. The molecule has 0 rings (SSSR count). The van der Waals surface area contributed by atoms with Crippen LogP contribution in [0.2, 0.25) is 0 Å². The lowest BCUT2D eigenvalue weighted by Crippen LogP contribution is -1.36. The Hall–Kier alpha value is -0.410. The van der Waals surface area contributed by atoms with Crippen LogP contribution in [0.5, 0.6) is 0 Å². The molecule has 0 aliphatic carbocycles. The van der Waals surface area contributed by atoms with Crippen molar-refractivity contribution in [3.8, 4) is 0 Å². The molecule has 2 N–H and O–H groups in total. The van der Waals surface area contributed by atoms with Crippen molar-refractivity contribution in [1.82, 2.24) is 0 Å². The number of aldehydes is 1. The summed E-state index contributed by atoms with van der Waals surface area (Å²) in [7, 11) is 2.00. The fourth-order valence-electron chi connectivity index (χ4n) is 0. The zero-order valence-corrected chi connectivity index (χ0v) is 4.88. The van der Waals surface area contributed by atoms with Crippen LogP contribution in [0.15, 0.2) is 0 Å². The van der Waals surface area contributed by atoms with Crippen LogP contribution in [-0.4, -0.2) is 30.7 Å². The molecule has 0 spiro atoms. The summed E-state index contributed by atoms with van der Waals surface area (Å²) in [6, 6.07) is 0. The van der Waals surface area contributed by atoms with E-state index in [-0.39, 0.29) is 0 Å². The van der Waals surface area contributed by atoms with Crippen LogP contribution in [0.25, 0.3) is 0 Å². The maximum absolute atomic E-state index is 8.81. The Morgan fingerprint density at radius 1 is 1.14 bits per heavy atom. The van der Waals surface area contributed by atoms with Crippen molar-refractivity contribution >= 4 is 6.29 Å². The summed E-state index contributed by atoms with van der Waals surface area (Å²) < 4.78 is 0. The highest BCUT2D eigenvalue weighted by molar-refractivity contribution is 5.44. The Balaban J connectivity index is -0.0000000360. The maximum Gasteiger partial charge on any atom is 0.116 e. The number of hydrogen-bond donors (Lipinski definition) is 2. The number of aliphatic hydroxyl groups excluding tert-OH is 2. The topological polar surface area (TPSA) is 57.5 Å². The minimum atomic E-state index is 0.750. The summed E-state index contributed by atoms with van der Waals surface area (Å²) in [4.78, 5) is 8.81. The Labute approximate surface area is 43.6 Å². The van der Waals surface area contributed by atoms with Crippen LogP contribution in [0, 0.1) is 0 Å². The Morgan fingerprint density at radius 3 is 1.14 bits per heavy atom. The van der Waals surface area contributed by atoms with Gasteiger partial charge >= 0.3 is 0 Å². The molecule has 3 nitrogen and oxygen atoms in total. The summed E-state index contributed by atoms with van der Waals surface area (Å²) in [6.45, 7) is 1.44. The molecule has 0 amide bonds. The SMILES string of the molecule is CC=O.CO.CO. The molecule has 3 heteroatoms. The monoisotopic (exact) mass is 108 g/mol. The van der Waals surface area contributed by atoms with Gasteiger partial charge < -0.3 is 15.0 Å². The number of aliphatic hydroxyl groups is 2. The first-order valence-corrected chi connectivity index (χ1v) is 1.71. The first-order chi connectivity index (χ1) is 3.41. The van der Waals surface area contributed by atoms with E-state index in [2.05, 4.69) is 0 Å². The molecule has 0 aromatic carbocycles. The predicted molar refractivity (Wildman–Crippen MR) is 28.0 cm³/mol. The third-order valence-electron chi connectivity index (χ3n) is 0. The standard InChI is InChI=1S/C2H4O.2CH4O/c1-2-3;2*1-2/h2H,1H3;2*2H,1H3. The van der Waals surface area contributed by atoms with Gasteiger partial charge in [0.05, 0.1) is 0 Å². The molecular weight excluding hydrogens is 96.0 g/mol. The van der Waals surface area contributed by atoms with E-state index in [0.717, 1.165) is 20.5 Å². The van der Waals surface area contributed by atoms with Crippen LogP contribution in [0.3, 0.4) is 0 Å². The molecule has 0 bridgehead atoms. The van der Waals surface area contributed by atoms with E-state index < -0.39 is 0 Å². The normalized spacial score (nSPS) is 3.57. The molecule has 46 valence electrons. The average Bonchev–Trinajstić information content (AvgIpc) is 1.78. The summed E-state index contributed by atoms with van der Waals surface area (Å²) in [5.74, 6) is 0. The lowest BCUT2D eigenvalue weighted by atomic mass is 11.0. The molecule has 0 aromatic heterocycles. The summed E-state index contributed by atoms with van der Waals surface area (Å²) in [5, 5.41) is 14.0. The first-order valence-electron chi connectivity index (χ1n) is 1.71. The molecule has 0 fully saturated rings. The predicted octanol–water partition coefficient (Wildman–Crippen LogP) is -0.578. The molecular formula is C4H12O3. The maximum atomic E-state index is 8.81. The first kappa shape index (κ1) is 16.0. The highest BCUT2D eigenvalue weighted by atomic mass is 16.2. The molecule has 7 heavy (non-hydrogen) atoms. The highest BCUT2D eigenvalue weighted by Crippen LogP contribution is 1.13. The zero-order chi connectivity index (χ0) is 6.71. The number of hydrogen-bond acceptors (Lipinski definition) is 3. The molecule has 0 aliphatic rings. The van der Waals surface area contributed by atoms with E-state index >= 15 is 0 Å². The van der Waals surface area contributed by atoms with Crippen molar-refractivity contribution in [3.63, 3.8) is 0 Å². The van der Waals surface area contributed by atoms with Crippen molar-refractivity contribution in [3.05, 3.63) is 0 Å². The second-order valence-corrected chi connectivity index (χ2v) is 0.236. The Kier molecular flexibility index (Phi) is 772. The van der Waals surface area contributed by atoms with E-state index in [9.17, 15) is 0 Å². The second kappa shape index (κ2) is 338. The minimum absolute atomic E-state index is 0.750. The van der Waals surface area contributed by atoms with Gasteiger partial charge in [0.2, 0.25) is 0 Å². The summed E-state index contributed by atoms with van der Waals surface area (Å²) >= 11 is 0. The van der Waals surface area contributed by atoms with Crippen LogP contribution in [0.1, 0.15) is 6.92 Å². The summed E-state index contributed by atoms with van der Waals surface area (Å²) in [6.07, 6.45) is 0.750. The molecule has 0 aliphatic heterocycles. The van der Waals surface area contributed by atoms with Gasteiger partial charge in [0, 0.05) is 14.2 Å². The van der Waals surface area contributed by atoms with Crippen molar-refractivity contribution < 1.29 is 15.0 Å². The van der Waals surface area contributed by atoms with Gasteiger partial charge in [0.1, 0.15) is 6.29 Å². The van der Waals surface area contributed by atoms with Gasteiger partial charge in [0.25, 0.3) is 0 Å². The lowest BCUT2D eigenvalue weighted by Gasteiger charge is -1.23. The van der Waals surface area contributed by atoms with E-state index in [0.29, 0.717) is 0 Å². The van der Waals surface area contributed by atoms with E-state index in [1.807, 2.05) is 0 Å². The van der Waals surface area contributed by atoms with Gasteiger partial charge in [-0.15, -0.1) is 0 Å². The van der Waals surface area contributed by atoms with Gasteiger partial charge in [-0.1, -0.05) is 0 Å². The number of carbonyl (C=O) groups excluding carboxylic acids is 1. The third kappa shape index (κ3) is 429. The van der Waals surface area contributed by atoms with E-state index in [1.165, 1.54) is 6.92 Å². The molecule has 0 saturated carbocycles. The van der Waals surface area contributed by atoms with Gasteiger partial charge in [-0.2, -0.15) is 0 Å². The van der Waals surface area contributed by atoms with E-state index in [1.54, 1.807) is 0 Å². The largest absolute Gasteiger partial charge is 0.400 e. The van der Waals surface area contributed by atoms with Gasteiger partial charge in [-0.25, -0.2) is 0 Å².